The van der Waals surface area contributed by atoms with Gasteiger partial charge in [0.1, 0.15) is 0 Å². The van der Waals surface area contributed by atoms with E-state index in [0.29, 0.717) is 66.1 Å². The number of carbonyl (C=O) groups excluding carboxylic acids is 12. The van der Waals surface area contributed by atoms with Crippen molar-refractivity contribution >= 4 is 161 Å². The predicted molar refractivity (Wildman–Crippen MR) is 376 cm³/mol. The second-order valence-corrected chi connectivity index (χ2v) is 23.7. The summed E-state index contributed by atoms with van der Waals surface area (Å²) in [6.07, 6.45) is 7.06. The smallest absolute Gasteiger partial charge is 0.550 e. The molecule has 104 heavy (non-hydrogen) atoms. The molecule has 4 aliphatic heterocycles. The SMILES string of the molecule is ClCCl.ClCCl.O=C([O-])CCCN1C(=O)c2cccc3cccc(c23)C1=O.O=C([O-])CCCN1C(=O)c2cccc3cccc(c23)C1=O.O=C([O-])CCCN1C(=O)c2cccc3cccc(c23)C1=O.O=C([O-])CCCN1C(=O)c2cccc3cccc(c23)C1=O.[Cu+2].[Cu+2].c1ccncc1.c1ccncc1. The summed E-state index contributed by atoms with van der Waals surface area (Å²) in [5.74, 6) is -7.72. The van der Waals surface area contributed by atoms with Gasteiger partial charge in [-0.2, -0.15) is 0 Å². The summed E-state index contributed by atoms with van der Waals surface area (Å²) in [5.41, 5.74) is 3.86. The average molecular weight is 1580 g/mol. The maximum Gasteiger partial charge on any atom is 2.00 e. The molecule has 0 unspecified atom stereocenters. The monoisotopic (exact) mass is 1580 g/mol. The zero-order chi connectivity index (χ0) is 73.8. The van der Waals surface area contributed by atoms with E-state index in [1.54, 1.807) is 122 Å². The molecule has 0 fully saturated rings. The molecule has 0 saturated heterocycles. The number of rotatable bonds is 16. The number of alkyl halides is 4. The molecule has 10 aromatic rings. The van der Waals surface area contributed by atoms with Crippen LogP contribution in [-0.2, 0) is 53.3 Å². The summed E-state index contributed by atoms with van der Waals surface area (Å²) in [6.45, 7) is 0.319. The minimum Gasteiger partial charge on any atom is -0.550 e. The Bertz CT molecular complexity index is 3940. The molecular formula is C76H62Cl4Cu2N6O16. The first kappa shape index (κ1) is 84.4. The van der Waals surface area contributed by atoms with Gasteiger partial charge >= 0.3 is 34.1 Å². The summed E-state index contributed by atoms with van der Waals surface area (Å²) >= 11 is 19.1. The Morgan fingerprint density at radius 3 is 0.538 bits per heavy atom. The van der Waals surface area contributed by atoms with Gasteiger partial charge in [-0.1, -0.05) is 109 Å². The Labute approximate surface area is 637 Å². The normalized spacial score (nSPS) is 12.4. The molecule has 4 aliphatic rings. The molecule has 14 rings (SSSR count). The Balaban J connectivity index is 0.000000229. The zero-order valence-electron chi connectivity index (χ0n) is 54.9. The van der Waals surface area contributed by atoms with Crippen LogP contribution in [0.15, 0.2) is 207 Å². The van der Waals surface area contributed by atoms with Crippen LogP contribution in [0.4, 0.5) is 0 Å². The maximum absolute atomic E-state index is 12.4. The van der Waals surface area contributed by atoms with Crippen molar-refractivity contribution in [2.24, 2.45) is 0 Å². The van der Waals surface area contributed by atoms with Gasteiger partial charge in [-0.15, -0.1) is 46.4 Å². The summed E-state index contributed by atoms with van der Waals surface area (Å²) < 4.78 is 0. The number of pyridine rings is 2. The first-order valence-electron chi connectivity index (χ1n) is 31.5. The number of nitrogens with zero attached hydrogens (tertiary/aromatic N) is 6. The largest absolute Gasteiger partial charge is 2.00 e. The summed E-state index contributed by atoms with van der Waals surface area (Å²) in [6, 6.07) is 54.0. The number of imide groups is 4. The molecular weight excluding hydrogens is 1520 g/mol. The van der Waals surface area contributed by atoms with E-state index in [1.165, 1.54) is 0 Å². The van der Waals surface area contributed by atoms with E-state index in [2.05, 4.69) is 9.97 Å². The molecule has 0 aliphatic carbocycles. The van der Waals surface area contributed by atoms with E-state index in [1.807, 2.05) is 84.9 Å². The van der Waals surface area contributed by atoms with E-state index < -0.39 is 23.9 Å². The van der Waals surface area contributed by atoms with Gasteiger partial charge in [0.25, 0.3) is 47.3 Å². The van der Waals surface area contributed by atoms with Gasteiger partial charge in [-0.3, -0.25) is 67.9 Å². The number of aromatic nitrogens is 2. The minimum atomic E-state index is -1.19. The van der Waals surface area contributed by atoms with E-state index >= 15 is 0 Å². The molecule has 2 aromatic heterocycles. The summed E-state index contributed by atoms with van der Waals surface area (Å²) in [7, 11) is 0. The van der Waals surface area contributed by atoms with Crippen molar-refractivity contribution in [1.82, 2.24) is 29.6 Å². The molecule has 0 spiro atoms. The Hall–Kier alpha value is -10.3. The van der Waals surface area contributed by atoms with Crippen molar-refractivity contribution in [2.45, 2.75) is 51.4 Å². The Morgan fingerprint density at radius 2 is 0.423 bits per heavy atom. The van der Waals surface area contributed by atoms with Gasteiger partial charge in [0.2, 0.25) is 0 Å². The average Bonchev–Trinajstić information content (AvgIpc) is 0.777. The quantitative estimate of drug-likeness (QED) is 0.0495. The third kappa shape index (κ3) is 21.9. The van der Waals surface area contributed by atoms with Crippen LogP contribution in [0.3, 0.4) is 0 Å². The van der Waals surface area contributed by atoms with Gasteiger partial charge in [0.05, 0.1) is 10.7 Å². The van der Waals surface area contributed by atoms with E-state index in [-0.39, 0.29) is 170 Å². The second kappa shape index (κ2) is 42.4. The van der Waals surface area contributed by atoms with E-state index in [4.69, 9.17) is 46.4 Å². The van der Waals surface area contributed by atoms with Crippen molar-refractivity contribution in [3.8, 4) is 0 Å². The number of aliphatic carboxylic acids is 4. The van der Waals surface area contributed by atoms with Crippen LogP contribution < -0.4 is 20.4 Å². The fourth-order valence-corrected chi connectivity index (χ4v) is 11.3. The number of carboxylic acid groups (broad SMARTS) is 4. The predicted octanol–water partition coefficient (Wildman–Crippen LogP) is 8.86. The van der Waals surface area contributed by atoms with Crippen molar-refractivity contribution < 1.29 is 112 Å². The number of hydrogen-bond acceptors (Lipinski definition) is 18. The molecule has 2 radical (unpaired) electrons. The van der Waals surface area contributed by atoms with E-state index in [9.17, 15) is 78.0 Å². The molecule has 0 atom stereocenters. The molecule has 0 N–H and O–H groups in total. The zero-order valence-corrected chi connectivity index (χ0v) is 59.8. The van der Waals surface area contributed by atoms with Crippen LogP contribution in [0, 0.1) is 0 Å². The minimum absolute atomic E-state index is 0. The molecule has 8 amide bonds. The fourth-order valence-electron chi connectivity index (χ4n) is 11.3. The van der Waals surface area contributed by atoms with E-state index in [0.717, 1.165) is 41.1 Å². The maximum atomic E-state index is 12.4. The molecule has 28 heteroatoms. The van der Waals surface area contributed by atoms with Crippen molar-refractivity contribution in [2.75, 3.05) is 36.9 Å². The first-order chi connectivity index (χ1) is 49.2. The number of carboxylic acids is 4. The van der Waals surface area contributed by atoms with Crippen molar-refractivity contribution in [1.29, 1.82) is 0 Å². The van der Waals surface area contributed by atoms with Gasteiger partial charge in [0.15, 0.2) is 0 Å². The Kier molecular flexibility index (Phi) is 34.4. The number of benzene rings is 8. The summed E-state index contributed by atoms with van der Waals surface area (Å²) in [5, 5.41) is 48.3. The molecule has 542 valence electrons. The van der Waals surface area contributed by atoms with Gasteiger partial charge in [0, 0.05) is 141 Å². The second-order valence-electron chi connectivity index (χ2n) is 22.0. The van der Waals surface area contributed by atoms with Crippen molar-refractivity contribution in [3.63, 3.8) is 0 Å². The molecule has 8 aromatic carbocycles. The van der Waals surface area contributed by atoms with Crippen LogP contribution in [0.2, 0.25) is 0 Å². The number of amides is 8. The van der Waals surface area contributed by atoms with Gasteiger partial charge < -0.3 is 39.6 Å². The molecule has 0 saturated carbocycles. The third-order valence-corrected chi connectivity index (χ3v) is 15.6. The number of hydrogen-bond donors (Lipinski definition) is 0. The van der Waals surface area contributed by atoms with Gasteiger partial charge in [-0.05, 0) is 146 Å². The van der Waals surface area contributed by atoms with Crippen LogP contribution in [0.1, 0.15) is 134 Å². The summed E-state index contributed by atoms with van der Waals surface area (Å²) in [4.78, 5) is 153. The standard InChI is InChI=1S/4C16H13NO4.2C5H5N.2CH2Cl2.2Cu/c4*18-13(19)8-3-9-17-15(20)11-6-1-4-10-5-2-7-12(14(10)11)16(17)21;2*1-2-4-6-5-3-1;2*2-1-3;;/h4*1-2,4-7H,3,8-9H2,(H,18,19);2*1-5H;2*1H2;;/q;;;;;;;;2*+2/p-4. The Morgan fingerprint density at radius 1 is 0.269 bits per heavy atom. The van der Waals surface area contributed by atoms with Crippen LogP contribution in [-0.4, -0.2) is 138 Å². The van der Waals surface area contributed by atoms with Crippen LogP contribution >= 0.6 is 46.4 Å². The molecule has 6 heterocycles. The molecule has 22 nitrogen and oxygen atoms in total. The van der Waals surface area contributed by atoms with Gasteiger partial charge in [-0.25, -0.2) is 0 Å². The molecule has 0 bridgehead atoms. The number of carbonyl (C=O) groups is 12. The number of halogens is 4. The third-order valence-electron chi connectivity index (χ3n) is 15.6. The fraction of sp³-hybridized carbons (Fsp3) is 0.184. The van der Waals surface area contributed by atoms with Crippen LogP contribution in [0.25, 0.3) is 43.1 Å². The van der Waals surface area contributed by atoms with Crippen LogP contribution in [0.5, 0.6) is 0 Å². The topological polar surface area (TPSA) is 336 Å². The first-order valence-corrected chi connectivity index (χ1v) is 33.6. The van der Waals surface area contributed by atoms with Crippen molar-refractivity contribution in [3.05, 3.63) is 251 Å².